The van der Waals surface area contributed by atoms with Gasteiger partial charge in [0.15, 0.2) is 0 Å². The third kappa shape index (κ3) is 5.38. The molecule has 0 radical (unpaired) electrons. The molecule has 1 fully saturated rings. The van der Waals surface area contributed by atoms with Crippen molar-refractivity contribution in [1.29, 1.82) is 0 Å². The Morgan fingerprint density at radius 1 is 1.48 bits per heavy atom. The van der Waals surface area contributed by atoms with Gasteiger partial charge in [0.1, 0.15) is 5.75 Å². The minimum Gasteiger partial charge on any atom is -0.494 e. The van der Waals surface area contributed by atoms with Gasteiger partial charge >= 0.3 is 0 Å². The average Bonchev–Trinajstić information content (AvgIpc) is 2.54. The minimum absolute atomic E-state index is 0.0132. The van der Waals surface area contributed by atoms with E-state index in [-0.39, 0.29) is 5.91 Å². The van der Waals surface area contributed by atoms with E-state index >= 15 is 0 Å². The van der Waals surface area contributed by atoms with Crippen LogP contribution in [0.4, 0.5) is 0 Å². The maximum absolute atomic E-state index is 12.1. The van der Waals surface area contributed by atoms with E-state index in [4.69, 9.17) is 4.74 Å². The second kappa shape index (κ2) is 8.67. The summed E-state index contributed by atoms with van der Waals surface area (Å²) < 4.78 is 5.56. The van der Waals surface area contributed by atoms with Crippen LogP contribution in [-0.2, 0) is 0 Å². The summed E-state index contributed by atoms with van der Waals surface area (Å²) in [4.78, 5) is 12.1. The Labute approximate surface area is 127 Å². The standard InChI is InChI=1S/C17H26N2O2/c1-2-11-21-16-7-3-6-15(12-16)17(20)19-10-8-14-5-4-9-18-13-14/h3,6-7,12,14,18H,2,4-5,8-11,13H2,1H3,(H,19,20). The first-order valence-electron chi connectivity index (χ1n) is 8.01. The Hall–Kier alpha value is -1.55. The van der Waals surface area contributed by atoms with Gasteiger partial charge in [0.05, 0.1) is 6.61 Å². The van der Waals surface area contributed by atoms with Crippen LogP contribution in [-0.4, -0.2) is 32.1 Å². The molecular weight excluding hydrogens is 264 g/mol. The monoisotopic (exact) mass is 290 g/mol. The van der Waals surface area contributed by atoms with E-state index in [9.17, 15) is 4.79 Å². The third-order valence-electron chi connectivity index (χ3n) is 3.81. The fourth-order valence-electron chi connectivity index (χ4n) is 2.61. The zero-order valence-electron chi connectivity index (χ0n) is 12.9. The van der Waals surface area contributed by atoms with Gasteiger partial charge in [0.25, 0.3) is 5.91 Å². The number of carbonyl (C=O) groups excluding carboxylic acids is 1. The van der Waals surface area contributed by atoms with Gasteiger partial charge in [-0.1, -0.05) is 13.0 Å². The zero-order valence-corrected chi connectivity index (χ0v) is 12.9. The molecule has 116 valence electrons. The molecule has 1 heterocycles. The lowest BCUT2D eigenvalue weighted by atomic mass is 9.96. The summed E-state index contributed by atoms with van der Waals surface area (Å²) in [5.74, 6) is 1.44. The summed E-state index contributed by atoms with van der Waals surface area (Å²) in [6.45, 7) is 5.70. The van der Waals surface area contributed by atoms with E-state index in [1.54, 1.807) is 0 Å². The molecule has 0 saturated carbocycles. The molecule has 1 atom stereocenters. The van der Waals surface area contributed by atoms with Crippen molar-refractivity contribution in [3.63, 3.8) is 0 Å². The van der Waals surface area contributed by atoms with Gasteiger partial charge in [-0.2, -0.15) is 0 Å². The molecule has 4 heteroatoms. The topological polar surface area (TPSA) is 50.4 Å². The molecule has 0 aromatic heterocycles. The lowest BCUT2D eigenvalue weighted by Crippen LogP contribution is -2.33. The first kappa shape index (κ1) is 15.8. The SMILES string of the molecule is CCCOc1cccc(C(=O)NCCC2CCCNC2)c1. The van der Waals surface area contributed by atoms with Gasteiger partial charge < -0.3 is 15.4 Å². The number of piperidine rings is 1. The molecule has 2 N–H and O–H groups in total. The Balaban J connectivity index is 1.76. The number of ether oxygens (including phenoxy) is 1. The number of nitrogens with one attached hydrogen (secondary N) is 2. The quantitative estimate of drug-likeness (QED) is 0.811. The lowest BCUT2D eigenvalue weighted by Gasteiger charge is -2.22. The molecule has 1 aliphatic rings. The Bertz CT molecular complexity index is 442. The molecule has 0 spiro atoms. The number of rotatable bonds is 7. The molecule has 1 aromatic carbocycles. The second-order valence-electron chi connectivity index (χ2n) is 5.63. The van der Waals surface area contributed by atoms with Crippen LogP contribution >= 0.6 is 0 Å². The molecule has 1 aliphatic heterocycles. The van der Waals surface area contributed by atoms with Crippen molar-refractivity contribution >= 4 is 5.91 Å². The molecule has 1 amide bonds. The highest BCUT2D eigenvalue weighted by Gasteiger charge is 2.13. The van der Waals surface area contributed by atoms with Crippen LogP contribution in [0.25, 0.3) is 0 Å². The van der Waals surface area contributed by atoms with Gasteiger partial charge in [-0.05, 0) is 62.9 Å². The Morgan fingerprint density at radius 2 is 2.38 bits per heavy atom. The summed E-state index contributed by atoms with van der Waals surface area (Å²) in [5, 5.41) is 6.41. The number of benzene rings is 1. The highest BCUT2D eigenvalue weighted by atomic mass is 16.5. The van der Waals surface area contributed by atoms with Crippen molar-refractivity contribution in [2.45, 2.75) is 32.6 Å². The lowest BCUT2D eigenvalue weighted by molar-refractivity contribution is 0.0950. The zero-order chi connectivity index (χ0) is 14.9. The van der Waals surface area contributed by atoms with Crippen LogP contribution in [0.15, 0.2) is 24.3 Å². The molecule has 21 heavy (non-hydrogen) atoms. The van der Waals surface area contributed by atoms with Crippen LogP contribution in [0.5, 0.6) is 5.75 Å². The maximum Gasteiger partial charge on any atom is 0.251 e. The second-order valence-corrected chi connectivity index (χ2v) is 5.63. The van der Waals surface area contributed by atoms with Crippen molar-refractivity contribution in [2.24, 2.45) is 5.92 Å². The smallest absolute Gasteiger partial charge is 0.251 e. The largest absolute Gasteiger partial charge is 0.494 e. The molecule has 1 saturated heterocycles. The molecule has 0 bridgehead atoms. The molecule has 1 unspecified atom stereocenters. The predicted molar refractivity (Wildman–Crippen MR) is 84.8 cm³/mol. The highest BCUT2D eigenvalue weighted by Crippen LogP contribution is 2.15. The van der Waals surface area contributed by atoms with Crippen molar-refractivity contribution < 1.29 is 9.53 Å². The number of hydrogen-bond donors (Lipinski definition) is 2. The summed E-state index contributed by atoms with van der Waals surface area (Å²) >= 11 is 0. The summed E-state index contributed by atoms with van der Waals surface area (Å²) in [5.41, 5.74) is 0.672. The Kier molecular flexibility index (Phi) is 6.54. The van der Waals surface area contributed by atoms with Crippen LogP contribution in [0.2, 0.25) is 0 Å². The average molecular weight is 290 g/mol. The van der Waals surface area contributed by atoms with Gasteiger partial charge in [-0.3, -0.25) is 4.79 Å². The van der Waals surface area contributed by atoms with Gasteiger partial charge in [0.2, 0.25) is 0 Å². The van der Waals surface area contributed by atoms with Crippen LogP contribution in [0, 0.1) is 5.92 Å². The van der Waals surface area contributed by atoms with E-state index in [0.29, 0.717) is 18.1 Å². The molecule has 1 aromatic rings. The first-order valence-corrected chi connectivity index (χ1v) is 8.01. The first-order chi connectivity index (χ1) is 10.3. The van der Waals surface area contributed by atoms with E-state index in [0.717, 1.165) is 38.2 Å². The molecule has 4 nitrogen and oxygen atoms in total. The van der Waals surface area contributed by atoms with Crippen molar-refractivity contribution in [3.8, 4) is 5.75 Å². The fourth-order valence-corrected chi connectivity index (χ4v) is 2.61. The van der Waals surface area contributed by atoms with E-state index < -0.39 is 0 Å². The Morgan fingerprint density at radius 3 is 3.14 bits per heavy atom. The van der Waals surface area contributed by atoms with Crippen LogP contribution in [0.1, 0.15) is 43.0 Å². The predicted octanol–water partition coefficient (Wildman–Crippen LogP) is 2.59. The van der Waals surface area contributed by atoms with E-state index in [1.807, 2.05) is 24.3 Å². The number of hydrogen-bond acceptors (Lipinski definition) is 3. The summed E-state index contributed by atoms with van der Waals surface area (Å²) in [6, 6.07) is 7.40. The maximum atomic E-state index is 12.1. The minimum atomic E-state index is -0.0132. The van der Waals surface area contributed by atoms with Gasteiger partial charge in [-0.15, -0.1) is 0 Å². The van der Waals surface area contributed by atoms with Gasteiger partial charge in [0, 0.05) is 12.1 Å². The van der Waals surface area contributed by atoms with E-state index in [2.05, 4.69) is 17.6 Å². The van der Waals surface area contributed by atoms with Crippen molar-refractivity contribution in [2.75, 3.05) is 26.2 Å². The van der Waals surface area contributed by atoms with Crippen molar-refractivity contribution in [1.82, 2.24) is 10.6 Å². The number of carbonyl (C=O) groups is 1. The summed E-state index contributed by atoms with van der Waals surface area (Å²) in [6.07, 6.45) is 4.52. The fraction of sp³-hybridized carbons (Fsp3) is 0.588. The van der Waals surface area contributed by atoms with Crippen LogP contribution in [0.3, 0.4) is 0 Å². The van der Waals surface area contributed by atoms with Crippen molar-refractivity contribution in [3.05, 3.63) is 29.8 Å². The molecule has 0 aliphatic carbocycles. The van der Waals surface area contributed by atoms with Gasteiger partial charge in [-0.25, -0.2) is 0 Å². The van der Waals surface area contributed by atoms with Crippen LogP contribution < -0.4 is 15.4 Å². The third-order valence-corrected chi connectivity index (χ3v) is 3.81. The highest BCUT2D eigenvalue weighted by molar-refractivity contribution is 5.94. The summed E-state index contributed by atoms with van der Waals surface area (Å²) in [7, 11) is 0. The molecule has 2 rings (SSSR count). The van der Waals surface area contributed by atoms with E-state index in [1.165, 1.54) is 12.8 Å². The normalized spacial score (nSPS) is 18.2. The molecular formula is C17H26N2O2. The number of amides is 1.